The van der Waals surface area contributed by atoms with E-state index < -0.39 is 0 Å². The summed E-state index contributed by atoms with van der Waals surface area (Å²) in [6, 6.07) is 7.48. The molecule has 3 heterocycles. The molecule has 0 bridgehead atoms. The molecule has 0 saturated carbocycles. The summed E-state index contributed by atoms with van der Waals surface area (Å²) in [5.41, 5.74) is 2.20. The van der Waals surface area contributed by atoms with Gasteiger partial charge >= 0.3 is 0 Å². The Balaban J connectivity index is 1.79. The maximum Gasteiger partial charge on any atom is 0.274 e. The molecule has 0 radical (unpaired) electrons. The zero-order valence-electron chi connectivity index (χ0n) is 11.9. The molecule has 1 amide bonds. The Hall–Kier alpha value is -2.21. The first kappa shape index (κ1) is 13.8. The van der Waals surface area contributed by atoms with Crippen LogP contribution in [-0.2, 0) is 0 Å². The highest BCUT2D eigenvalue weighted by Gasteiger charge is 2.37. The molecular formula is C15H18N4O2. The van der Waals surface area contributed by atoms with Crippen LogP contribution in [0.1, 0.15) is 27.8 Å². The molecule has 0 aromatic carbocycles. The monoisotopic (exact) mass is 286 g/mol. The summed E-state index contributed by atoms with van der Waals surface area (Å²) in [5.74, 6) is -0.0136. The van der Waals surface area contributed by atoms with E-state index in [1.165, 1.54) is 0 Å². The zero-order chi connectivity index (χ0) is 14.8. The Morgan fingerprint density at radius 3 is 2.95 bits per heavy atom. The van der Waals surface area contributed by atoms with Crippen LogP contribution in [0.2, 0.25) is 0 Å². The number of aliphatic hydroxyl groups is 1. The van der Waals surface area contributed by atoms with Crippen molar-refractivity contribution in [1.29, 1.82) is 0 Å². The van der Waals surface area contributed by atoms with Crippen molar-refractivity contribution in [2.24, 2.45) is 5.92 Å². The average molecular weight is 286 g/mol. The number of rotatable bonds is 3. The van der Waals surface area contributed by atoms with Crippen molar-refractivity contribution in [3.63, 3.8) is 0 Å². The van der Waals surface area contributed by atoms with Gasteiger partial charge in [0.2, 0.25) is 0 Å². The molecule has 21 heavy (non-hydrogen) atoms. The van der Waals surface area contributed by atoms with Crippen molar-refractivity contribution >= 4 is 5.91 Å². The molecule has 6 heteroatoms. The van der Waals surface area contributed by atoms with Crippen molar-refractivity contribution in [1.82, 2.24) is 20.1 Å². The van der Waals surface area contributed by atoms with Crippen LogP contribution in [-0.4, -0.2) is 50.8 Å². The molecule has 1 aliphatic rings. The Bertz CT molecular complexity index is 626. The largest absolute Gasteiger partial charge is 0.396 e. The number of aryl methyl sites for hydroxylation is 1. The summed E-state index contributed by atoms with van der Waals surface area (Å²) in [5, 5.41) is 16.4. The molecule has 0 aliphatic carbocycles. The van der Waals surface area contributed by atoms with E-state index in [4.69, 9.17) is 0 Å². The van der Waals surface area contributed by atoms with Gasteiger partial charge in [-0.3, -0.25) is 14.9 Å². The normalized spacial score (nSPS) is 21.7. The quantitative estimate of drug-likeness (QED) is 0.880. The molecule has 110 valence electrons. The number of likely N-dealkylation sites (tertiary alicyclic amines) is 1. The van der Waals surface area contributed by atoms with Gasteiger partial charge < -0.3 is 10.0 Å². The molecular weight excluding hydrogens is 268 g/mol. The van der Waals surface area contributed by atoms with Crippen molar-refractivity contribution < 1.29 is 9.90 Å². The molecule has 2 N–H and O–H groups in total. The minimum atomic E-state index is -0.101. The number of hydrogen-bond acceptors (Lipinski definition) is 4. The van der Waals surface area contributed by atoms with Gasteiger partial charge in [-0.2, -0.15) is 5.10 Å². The third kappa shape index (κ3) is 2.67. The van der Waals surface area contributed by atoms with E-state index in [0.717, 1.165) is 11.4 Å². The van der Waals surface area contributed by atoms with E-state index in [-0.39, 0.29) is 24.3 Å². The summed E-state index contributed by atoms with van der Waals surface area (Å²) in [7, 11) is 0. The van der Waals surface area contributed by atoms with E-state index in [9.17, 15) is 9.90 Å². The maximum absolute atomic E-state index is 12.4. The summed E-state index contributed by atoms with van der Waals surface area (Å²) < 4.78 is 0. The topological polar surface area (TPSA) is 82.1 Å². The molecule has 0 unspecified atom stereocenters. The van der Waals surface area contributed by atoms with Gasteiger partial charge in [0.1, 0.15) is 5.69 Å². The highest BCUT2D eigenvalue weighted by Crippen LogP contribution is 2.31. The van der Waals surface area contributed by atoms with Crippen LogP contribution in [0.15, 0.2) is 30.5 Å². The Labute approximate surface area is 122 Å². The van der Waals surface area contributed by atoms with Gasteiger partial charge in [0, 0.05) is 49.1 Å². The van der Waals surface area contributed by atoms with Crippen LogP contribution in [0, 0.1) is 12.8 Å². The van der Waals surface area contributed by atoms with Crippen molar-refractivity contribution in [3.8, 4) is 0 Å². The summed E-state index contributed by atoms with van der Waals surface area (Å²) in [6.45, 7) is 3.00. The second kappa shape index (κ2) is 5.65. The molecule has 1 saturated heterocycles. The molecule has 0 spiro atoms. The van der Waals surface area contributed by atoms with Gasteiger partial charge in [-0.05, 0) is 25.1 Å². The van der Waals surface area contributed by atoms with Gasteiger partial charge in [-0.25, -0.2) is 0 Å². The summed E-state index contributed by atoms with van der Waals surface area (Å²) in [4.78, 5) is 18.5. The van der Waals surface area contributed by atoms with E-state index in [0.29, 0.717) is 18.8 Å². The predicted octanol–water partition coefficient (Wildman–Crippen LogP) is 0.961. The molecule has 6 nitrogen and oxygen atoms in total. The highest BCUT2D eigenvalue weighted by atomic mass is 16.3. The lowest BCUT2D eigenvalue weighted by atomic mass is 9.93. The fourth-order valence-electron chi connectivity index (χ4n) is 2.84. The van der Waals surface area contributed by atoms with Gasteiger partial charge in [0.05, 0.1) is 0 Å². The van der Waals surface area contributed by atoms with Crippen LogP contribution in [0.3, 0.4) is 0 Å². The second-order valence-electron chi connectivity index (χ2n) is 5.45. The number of amides is 1. The lowest BCUT2D eigenvalue weighted by Crippen LogP contribution is -2.29. The number of aromatic amines is 1. The van der Waals surface area contributed by atoms with Crippen molar-refractivity contribution in [2.75, 3.05) is 19.7 Å². The first-order valence-electron chi connectivity index (χ1n) is 7.02. The van der Waals surface area contributed by atoms with Crippen LogP contribution in [0.25, 0.3) is 0 Å². The number of H-pyrrole nitrogens is 1. The number of hydrogen-bond donors (Lipinski definition) is 2. The molecule has 1 fully saturated rings. The number of aromatic nitrogens is 3. The minimum Gasteiger partial charge on any atom is -0.396 e. The van der Waals surface area contributed by atoms with Crippen molar-refractivity contribution in [3.05, 3.63) is 47.5 Å². The van der Waals surface area contributed by atoms with Gasteiger partial charge in [0.15, 0.2) is 0 Å². The van der Waals surface area contributed by atoms with Gasteiger partial charge in [-0.15, -0.1) is 0 Å². The summed E-state index contributed by atoms with van der Waals surface area (Å²) in [6.07, 6.45) is 1.74. The zero-order valence-corrected chi connectivity index (χ0v) is 11.9. The van der Waals surface area contributed by atoms with E-state index >= 15 is 0 Å². The SMILES string of the molecule is Cc1cc(C(=O)N2C[C@@H](CO)[C@H](c3ccccn3)C2)n[nH]1. The van der Waals surface area contributed by atoms with E-state index in [1.807, 2.05) is 25.1 Å². The van der Waals surface area contributed by atoms with Gasteiger partial charge in [-0.1, -0.05) is 6.07 Å². The lowest BCUT2D eigenvalue weighted by molar-refractivity contribution is 0.0775. The predicted molar refractivity (Wildman–Crippen MR) is 76.8 cm³/mol. The number of carbonyl (C=O) groups excluding carboxylic acids is 1. The van der Waals surface area contributed by atoms with E-state index in [1.54, 1.807) is 17.2 Å². The second-order valence-corrected chi connectivity index (χ2v) is 5.45. The number of carbonyl (C=O) groups is 1. The van der Waals surface area contributed by atoms with Crippen LogP contribution in [0.4, 0.5) is 0 Å². The molecule has 1 aliphatic heterocycles. The maximum atomic E-state index is 12.4. The first-order chi connectivity index (χ1) is 10.2. The molecule has 2 aromatic rings. The Kier molecular flexibility index (Phi) is 3.70. The Morgan fingerprint density at radius 2 is 2.33 bits per heavy atom. The molecule has 3 rings (SSSR count). The Morgan fingerprint density at radius 1 is 1.48 bits per heavy atom. The third-order valence-corrected chi connectivity index (χ3v) is 3.96. The van der Waals surface area contributed by atoms with Gasteiger partial charge in [0.25, 0.3) is 5.91 Å². The number of nitrogens with one attached hydrogen (secondary N) is 1. The lowest BCUT2D eigenvalue weighted by Gasteiger charge is -2.15. The van der Waals surface area contributed by atoms with E-state index in [2.05, 4.69) is 15.2 Å². The smallest absolute Gasteiger partial charge is 0.274 e. The number of aliphatic hydroxyl groups excluding tert-OH is 1. The standard InChI is InChI=1S/C15H18N4O2/c1-10-6-14(18-17-10)15(21)19-7-11(9-20)12(8-19)13-4-2-3-5-16-13/h2-6,11-12,20H,7-9H2,1H3,(H,17,18)/t11-,12+/m0/s1. The highest BCUT2D eigenvalue weighted by molar-refractivity contribution is 5.92. The summed E-state index contributed by atoms with van der Waals surface area (Å²) >= 11 is 0. The fraction of sp³-hybridized carbons (Fsp3) is 0.400. The van der Waals surface area contributed by atoms with Crippen LogP contribution in [0.5, 0.6) is 0 Å². The van der Waals surface area contributed by atoms with Crippen LogP contribution < -0.4 is 0 Å². The number of nitrogens with zero attached hydrogens (tertiary/aromatic N) is 3. The minimum absolute atomic E-state index is 0.0175. The third-order valence-electron chi connectivity index (χ3n) is 3.96. The number of pyridine rings is 1. The first-order valence-corrected chi connectivity index (χ1v) is 7.02. The fourth-order valence-corrected chi connectivity index (χ4v) is 2.84. The van der Waals surface area contributed by atoms with Crippen LogP contribution >= 0.6 is 0 Å². The van der Waals surface area contributed by atoms with Crippen molar-refractivity contribution in [2.45, 2.75) is 12.8 Å². The average Bonchev–Trinajstić information content (AvgIpc) is 3.13. The molecule has 2 atom stereocenters. The molecule has 2 aromatic heterocycles.